The molecule has 30 heavy (non-hydrogen) atoms. The van der Waals surface area contributed by atoms with Gasteiger partial charge in [-0.05, 0) is 52.7 Å². The third-order valence-corrected chi connectivity index (χ3v) is 5.18. The molecule has 0 unspecified atom stereocenters. The summed E-state index contributed by atoms with van der Waals surface area (Å²) in [5, 5.41) is 13.9. The number of hydrogen-bond acceptors (Lipinski definition) is 6. The molecular formula is C21H22N6O3. The molecule has 1 saturated heterocycles. The molecule has 9 heteroatoms. The number of rotatable bonds is 7. The molecule has 0 aliphatic carbocycles. The molecule has 2 heterocycles. The van der Waals surface area contributed by atoms with Crippen molar-refractivity contribution in [1.82, 2.24) is 25.1 Å². The summed E-state index contributed by atoms with van der Waals surface area (Å²) in [7, 11) is 1.63. The fourth-order valence-corrected chi connectivity index (χ4v) is 3.55. The number of benzene rings is 2. The van der Waals surface area contributed by atoms with E-state index in [4.69, 9.17) is 4.74 Å². The van der Waals surface area contributed by atoms with E-state index in [1.165, 1.54) is 11.0 Å². The smallest absolute Gasteiger partial charge is 0.229 e. The van der Waals surface area contributed by atoms with Crippen molar-refractivity contribution in [1.29, 1.82) is 0 Å². The molecule has 2 aromatic carbocycles. The van der Waals surface area contributed by atoms with Gasteiger partial charge >= 0.3 is 0 Å². The maximum absolute atomic E-state index is 12.6. The third-order valence-electron chi connectivity index (χ3n) is 5.18. The van der Waals surface area contributed by atoms with Crippen LogP contribution in [0.3, 0.4) is 0 Å². The first-order chi connectivity index (χ1) is 14.6. The number of amides is 2. The topological polar surface area (TPSA) is 102 Å². The number of hydrogen-bond donors (Lipinski definition) is 1. The second kappa shape index (κ2) is 8.73. The van der Waals surface area contributed by atoms with E-state index in [1.807, 2.05) is 36.4 Å². The van der Waals surface area contributed by atoms with Gasteiger partial charge in [-0.15, -0.1) is 5.10 Å². The van der Waals surface area contributed by atoms with Crippen LogP contribution in [0.25, 0.3) is 5.69 Å². The monoisotopic (exact) mass is 406 g/mol. The summed E-state index contributed by atoms with van der Waals surface area (Å²) < 4.78 is 6.89. The van der Waals surface area contributed by atoms with Crippen LogP contribution < -0.4 is 10.1 Å². The van der Waals surface area contributed by atoms with Gasteiger partial charge in [0.15, 0.2) is 0 Å². The molecule has 1 atom stereocenters. The Labute approximate surface area is 173 Å². The fraction of sp³-hybridized carbons (Fsp3) is 0.286. The zero-order chi connectivity index (χ0) is 20.9. The first kappa shape index (κ1) is 19.6. The van der Waals surface area contributed by atoms with Gasteiger partial charge in [0.05, 0.1) is 18.7 Å². The van der Waals surface area contributed by atoms with Crippen LogP contribution in [0.1, 0.15) is 12.0 Å². The molecule has 1 N–H and O–H groups in total. The van der Waals surface area contributed by atoms with Gasteiger partial charge in [0.25, 0.3) is 0 Å². The number of nitrogens with one attached hydrogen (secondary N) is 1. The lowest BCUT2D eigenvalue weighted by atomic mass is 10.1. The van der Waals surface area contributed by atoms with E-state index in [0.717, 1.165) is 17.0 Å². The molecule has 0 bridgehead atoms. The Morgan fingerprint density at radius 2 is 2.00 bits per heavy atom. The van der Waals surface area contributed by atoms with E-state index in [0.29, 0.717) is 25.2 Å². The Balaban J connectivity index is 1.32. The van der Waals surface area contributed by atoms with Gasteiger partial charge in [0.2, 0.25) is 11.8 Å². The van der Waals surface area contributed by atoms with Gasteiger partial charge in [-0.1, -0.05) is 18.2 Å². The van der Waals surface area contributed by atoms with Crippen molar-refractivity contribution in [2.24, 2.45) is 5.92 Å². The van der Waals surface area contributed by atoms with Gasteiger partial charge in [0, 0.05) is 25.2 Å². The lowest BCUT2D eigenvalue weighted by molar-refractivity contribution is -0.128. The Kier molecular flexibility index (Phi) is 5.69. The summed E-state index contributed by atoms with van der Waals surface area (Å²) in [6.45, 7) is 0.978. The van der Waals surface area contributed by atoms with Crippen molar-refractivity contribution >= 4 is 17.5 Å². The van der Waals surface area contributed by atoms with E-state index in [9.17, 15) is 9.59 Å². The normalized spacial score (nSPS) is 16.0. The molecule has 2 amide bonds. The lowest BCUT2D eigenvalue weighted by Crippen LogP contribution is -2.30. The number of carbonyl (C=O) groups is 2. The van der Waals surface area contributed by atoms with Crippen LogP contribution in [0.15, 0.2) is 54.9 Å². The lowest BCUT2D eigenvalue weighted by Gasteiger charge is -2.17. The van der Waals surface area contributed by atoms with E-state index >= 15 is 0 Å². The average Bonchev–Trinajstić information content (AvgIpc) is 3.43. The largest absolute Gasteiger partial charge is 0.496 e. The number of para-hydroxylation sites is 1. The molecule has 0 saturated carbocycles. The molecule has 3 aromatic rings. The zero-order valence-corrected chi connectivity index (χ0v) is 16.6. The fourth-order valence-electron chi connectivity index (χ4n) is 3.55. The molecule has 0 spiro atoms. The highest BCUT2D eigenvalue weighted by Gasteiger charge is 2.34. The molecule has 1 aliphatic rings. The average molecular weight is 406 g/mol. The number of aromatic nitrogens is 4. The summed E-state index contributed by atoms with van der Waals surface area (Å²) in [5.74, 6) is 0.287. The quantitative estimate of drug-likeness (QED) is 0.641. The summed E-state index contributed by atoms with van der Waals surface area (Å²) in [4.78, 5) is 26.8. The van der Waals surface area contributed by atoms with Crippen molar-refractivity contribution in [3.8, 4) is 11.4 Å². The summed E-state index contributed by atoms with van der Waals surface area (Å²) >= 11 is 0. The van der Waals surface area contributed by atoms with Gasteiger partial charge in [0.1, 0.15) is 12.1 Å². The van der Waals surface area contributed by atoms with Crippen LogP contribution in [-0.4, -0.2) is 57.1 Å². The minimum absolute atomic E-state index is 0.000854. The third kappa shape index (κ3) is 4.29. The standard InChI is InChI=1S/C21H22N6O3/c1-30-19-5-3-2-4-15(19)10-11-26-13-16(12-20(26)28)21(29)23-17-6-8-18(9-7-17)27-14-22-24-25-27/h2-9,14,16H,10-13H2,1H3,(H,23,29)/t16-/m0/s1. The van der Waals surface area contributed by atoms with Crippen molar-refractivity contribution in [3.63, 3.8) is 0 Å². The summed E-state index contributed by atoms with van der Waals surface area (Å²) in [5.41, 5.74) is 2.50. The van der Waals surface area contributed by atoms with Crippen molar-refractivity contribution < 1.29 is 14.3 Å². The van der Waals surface area contributed by atoms with Gasteiger partial charge in [-0.3, -0.25) is 9.59 Å². The summed E-state index contributed by atoms with van der Waals surface area (Å²) in [6, 6.07) is 14.9. The van der Waals surface area contributed by atoms with Crippen LogP contribution >= 0.6 is 0 Å². The highest BCUT2D eigenvalue weighted by molar-refractivity contribution is 5.97. The zero-order valence-electron chi connectivity index (χ0n) is 16.6. The molecule has 4 rings (SSSR count). The number of methoxy groups -OCH3 is 1. The van der Waals surface area contributed by atoms with Crippen LogP contribution in [0.5, 0.6) is 5.75 Å². The van der Waals surface area contributed by atoms with Crippen LogP contribution in [0.4, 0.5) is 5.69 Å². The predicted octanol–water partition coefficient (Wildman–Crippen LogP) is 1.70. The number of likely N-dealkylation sites (tertiary alicyclic amines) is 1. The van der Waals surface area contributed by atoms with E-state index in [1.54, 1.807) is 24.1 Å². The molecule has 9 nitrogen and oxygen atoms in total. The first-order valence-corrected chi connectivity index (χ1v) is 9.68. The Hall–Kier alpha value is -3.75. The molecule has 1 aromatic heterocycles. The SMILES string of the molecule is COc1ccccc1CCN1C[C@@H](C(=O)Nc2ccc(-n3cnnn3)cc2)CC1=O. The van der Waals surface area contributed by atoms with Gasteiger partial charge in [-0.2, -0.15) is 0 Å². The Bertz CT molecular complexity index is 1020. The number of ether oxygens (including phenoxy) is 1. The molecule has 0 radical (unpaired) electrons. The molecular weight excluding hydrogens is 384 g/mol. The number of carbonyl (C=O) groups excluding carboxylic acids is 2. The number of anilines is 1. The second-order valence-electron chi connectivity index (χ2n) is 7.09. The maximum atomic E-state index is 12.6. The minimum Gasteiger partial charge on any atom is -0.496 e. The maximum Gasteiger partial charge on any atom is 0.229 e. The van der Waals surface area contributed by atoms with Crippen LogP contribution in [-0.2, 0) is 16.0 Å². The summed E-state index contributed by atoms with van der Waals surface area (Å²) in [6.07, 6.45) is 2.40. The minimum atomic E-state index is -0.366. The number of nitrogens with zero attached hydrogens (tertiary/aromatic N) is 5. The Morgan fingerprint density at radius 1 is 1.20 bits per heavy atom. The molecule has 1 aliphatic heterocycles. The van der Waals surface area contributed by atoms with Crippen molar-refractivity contribution in [2.75, 3.05) is 25.5 Å². The van der Waals surface area contributed by atoms with E-state index in [-0.39, 0.29) is 24.2 Å². The van der Waals surface area contributed by atoms with Crippen LogP contribution in [0.2, 0.25) is 0 Å². The molecule has 154 valence electrons. The second-order valence-corrected chi connectivity index (χ2v) is 7.09. The van der Waals surface area contributed by atoms with Gasteiger partial charge in [-0.25, -0.2) is 4.68 Å². The van der Waals surface area contributed by atoms with Crippen LogP contribution in [0, 0.1) is 5.92 Å². The first-order valence-electron chi connectivity index (χ1n) is 9.68. The highest BCUT2D eigenvalue weighted by Crippen LogP contribution is 2.23. The van der Waals surface area contributed by atoms with E-state index in [2.05, 4.69) is 20.8 Å². The van der Waals surface area contributed by atoms with Crippen molar-refractivity contribution in [3.05, 3.63) is 60.4 Å². The Morgan fingerprint density at radius 3 is 2.73 bits per heavy atom. The van der Waals surface area contributed by atoms with Crippen molar-refractivity contribution in [2.45, 2.75) is 12.8 Å². The number of tetrazole rings is 1. The predicted molar refractivity (Wildman–Crippen MR) is 109 cm³/mol. The highest BCUT2D eigenvalue weighted by atomic mass is 16.5. The van der Waals surface area contributed by atoms with E-state index < -0.39 is 0 Å². The van der Waals surface area contributed by atoms with Gasteiger partial charge < -0.3 is 15.0 Å². The molecule has 1 fully saturated rings.